The summed E-state index contributed by atoms with van der Waals surface area (Å²) in [6.45, 7) is 2.02. The highest BCUT2D eigenvalue weighted by molar-refractivity contribution is 9.10. The number of hydrogen-bond acceptors (Lipinski definition) is 2. The number of anilines is 1. The smallest absolute Gasteiger partial charge is 0.139 e. The molecular formula is C15H14Br2FNO. The molecule has 0 spiro atoms. The fraction of sp³-hybridized carbons (Fsp3) is 0.200. The van der Waals surface area contributed by atoms with Crippen LogP contribution in [0, 0.1) is 5.82 Å². The Morgan fingerprint density at radius 2 is 1.85 bits per heavy atom. The van der Waals surface area contributed by atoms with Gasteiger partial charge in [0, 0.05) is 11.7 Å². The van der Waals surface area contributed by atoms with Crippen molar-refractivity contribution in [3.05, 3.63) is 56.7 Å². The molecule has 0 radical (unpaired) electrons. The van der Waals surface area contributed by atoms with Crippen molar-refractivity contribution in [2.75, 3.05) is 12.4 Å². The van der Waals surface area contributed by atoms with E-state index in [9.17, 15) is 4.39 Å². The summed E-state index contributed by atoms with van der Waals surface area (Å²) in [6.07, 6.45) is 0. The maximum Gasteiger partial charge on any atom is 0.139 e. The van der Waals surface area contributed by atoms with E-state index in [1.807, 2.05) is 31.2 Å². The van der Waals surface area contributed by atoms with E-state index >= 15 is 0 Å². The van der Waals surface area contributed by atoms with E-state index in [1.165, 1.54) is 6.07 Å². The molecule has 1 N–H and O–H groups in total. The van der Waals surface area contributed by atoms with E-state index in [1.54, 1.807) is 13.2 Å². The minimum Gasteiger partial charge on any atom is -0.496 e. The SMILES string of the molecule is COc1ccc(C(C)Nc2ccc(Br)c(F)c2)cc1Br. The van der Waals surface area contributed by atoms with E-state index in [2.05, 4.69) is 37.2 Å². The number of methoxy groups -OCH3 is 1. The lowest BCUT2D eigenvalue weighted by atomic mass is 10.1. The van der Waals surface area contributed by atoms with Gasteiger partial charge in [0.05, 0.1) is 16.1 Å². The summed E-state index contributed by atoms with van der Waals surface area (Å²) in [5.41, 5.74) is 1.83. The molecule has 0 fully saturated rings. The number of hydrogen-bond donors (Lipinski definition) is 1. The Bertz CT molecular complexity index is 619. The molecular weight excluding hydrogens is 389 g/mol. The standard InChI is InChI=1S/C15H14Br2FNO/c1-9(10-3-6-15(20-2)13(17)7-10)19-11-4-5-12(16)14(18)8-11/h3-9,19H,1-2H3. The Morgan fingerprint density at radius 1 is 1.10 bits per heavy atom. The molecule has 0 aromatic heterocycles. The molecule has 0 saturated carbocycles. The zero-order chi connectivity index (χ0) is 14.7. The number of benzene rings is 2. The van der Waals surface area contributed by atoms with Gasteiger partial charge >= 0.3 is 0 Å². The number of halogens is 3. The molecule has 1 atom stereocenters. The van der Waals surface area contributed by atoms with Crippen LogP contribution in [0.3, 0.4) is 0 Å². The molecule has 1 unspecified atom stereocenters. The second-order valence-corrected chi connectivity index (χ2v) is 6.10. The third-order valence-corrected chi connectivity index (χ3v) is 4.24. The highest BCUT2D eigenvalue weighted by atomic mass is 79.9. The van der Waals surface area contributed by atoms with Crippen LogP contribution in [0.2, 0.25) is 0 Å². The van der Waals surface area contributed by atoms with Crippen molar-refractivity contribution in [3.63, 3.8) is 0 Å². The molecule has 0 aliphatic heterocycles. The first kappa shape index (κ1) is 15.3. The lowest BCUT2D eigenvalue weighted by molar-refractivity contribution is 0.412. The first-order valence-corrected chi connectivity index (χ1v) is 7.65. The van der Waals surface area contributed by atoms with Gasteiger partial charge in [0.1, 0.15) is 11.6 Å². The maximum atomic E-state index is 13.5. The zero-order valence-corrected chi connectivity index (χ0v) is 14.3. The average Bonchev–Trinajstić information content (AvgIpc) is 2.42. The quantitative estimate of drug-likeness (QED) is 0.725. The van der Waals surface area contributed by atoms with Gasteiger partial charge in [-0.25, -0.2) is 4.39 Å². The summed E-state index contributed by atoms with van der Waals surface area (Å²) in [5.74, 6) is 0.508. The van der Waals surface area contributed by atoms with Crippen LogP contribution in [0.15, 0.2) is 45.3 Å². The van der Waals surface area contributed by atoms with Crippen LogP contribution in [0.1, 0.15) is 18.5 Å². The van der Waals surface area contributed by atoms with Crippen LogP contribution in [0.5, 0.6) is 5.75 Å². The average molecular weight is 403 g/mol. The van der Waals surface area contributed by atoms with E-state index < -0.39 is 0 Å². The van der Waals surface area contributed by atoms with Gasteiger partial charge in [-0.2, -0.15) is 0 Å². The van der Waals surface area contributed by atoms with Crippen molar-refractivity contribution in [1.82, 2.24) is 0 Å². The molecule has 0 aliphatic carbocycles. The van der Waals surface area contributed by atoms with Crippen LogP contribution < -0.4 is 10.1 Å². The molecule has 0 heterocycles. The third-order valence-electron chi connectivity index (χ3n) is 2.98. The summed E-state index contributed by atoms with van der Waals surface area (Å²) in [6, 6.07) is 10.9. The van der Waals surface area contributed by atoms with Gasteiger partial charge in [-0.15, -0.1) is 0 Å². The van der Waals surface area contributed by atoms with Gasteiger partial charge in [0.15, 0.2) is 0 Å². The fourth-order valence-corrected chi connectivity index (χ4v) is 2.68. The second kappa shape index (κ2) is 6.59. The second-order valence-electron chi connectivity index (χ2n) is 4.39. The van der Waals surface area contributed by atoms with E-state index in [0.717, 1.165) is 21.5 Å². The molecule has 0 amide bonds. The largest absolute Gasteiger partial charge is 0.496 e. The van der Waals surface area contributed by atoms with Gasteiger partial charge < -0.3 is 10.1 Å². The molecule has 106 valence electrons. The van der Waals surface area contributed by atoms with Crippen LogP contribution in [0.4, 0.5) is 10.1 Å². The maximum absolute atomic E-state index is 13.5. The molecule has 5 heteroatoms. The van der Waals surface area contributed by atoms with Crippen molar-refractivity contribution in [2.45, 2.75) is 13.0 Å². The highest BCUT2D eigenvalue weighted by Gasteiger charge is 2.09. The molecule has 2 aromatic rings. The summed E-state index contributed by atoms with van der Waals surface area (Å²) in [5, 5.41) is 3.27. The van der Waals surface area contributed by atoms with Crippen molar-refractivity contribution < 1.29 is 9.13 Å². The fourth-order valence-electron chi connectivity index (χ4n) is 1.87. The van der Waals surface area contributed by atoms with Crippen LogP contribution in [-0.2, 0) is 0 Å². The predicted octanol–water partition coefficient (Wildman–Crippen LogP) is 5.53. The highest BCUT2D eigenvalue weighted by Crippen LogP contribution is 2.29. The Balaban J connectivity index is 2.17. The Kier molecular flexibility index (Phi) is 5.05. The van der Waals surface area contributed by atoms with Crippen molar-refractivity contribution >= 4 is 37.5 Å². The zero-order valence-electron chi connectivity index (χ0n) is 11.1. The minimum atomic E-state index is -0.280. The van der Waals surface area contributed by atoms with Gasteiger partial charge in [-0.05, 0) is 74.7 Å². The number of nitrogens with one attached hydrogen (secondary N) is 1. The molecule has 0 aliphatic rings. The topological polar surface area (TPSA) is 21.3 Å². The van der Waals surface area contributed by atoms with Gasteiger partial charge in [-0.3, -0.25) is 0 Å². The molecule has 2 rings (SSSR count). The van der Waals surface area contributed by atoms with E-state index in [0.29, 0.717) is 4.47 Å². The van der Waals surface area contributed by atoms with Crippen LogP contribution in [0.25, 0.3) is 0 Å². The van der Waals surface area contributed by atoms with Crippen LogP contribution >= 0.6 is 31.9 Å². The monoisotopic (exact) mass is 401 g/mol. The first-order chi connectivity index (χ1) is 9.51. The van der Waals surface area contributed by atoms with Crippen molar-refractivity contribution in [2.24, 2.45) is 0 Å². The lowest BCUT2D eigenvalue weighted by Gasteiger charge is -2.17. The number of rotatable bonds is 4. The molecule has 0 bridgehead atoms. The molecule has 2 aromatic carbocycles. The van der Waals surface area contributed by atoms with Crippen molar-refractivity contribution in [1.29, 1.82) is 0 Å². The predicted molar refractivity (Wildman–Crippen MR) is 86.8 cm³/mol. The minimum absolute atomic E-state index is 0.0535. The van der Waals surface area contributed by atoms with E-state index in [-0.39, 0.29) is 11.9 Å². The first-order valence-electron chi connectivity index (χ1n) is 6.06. The summed E-state index contributed by atoms with van der Waals surface area (Å²) in [7, 11) is 1.63. The summed E-state index contributed by atoms with van der Waals surface area (Å²) < 4.78 is 20.0. The Hall–Kier alpha value is -1.07. The van der Waals surface area contributed by atoms with Gasteiger partial charge in [0.25, 0.3) is 0 Å². The van der Waals surface area contributed by atoms with E-state index in [4.69, 9.17) is 4.74 Å². The molecule has 0 saturated heterocycles. The normalized spacial score (nSPS) is 12.1. The summed E-state index contributed by atoms with van der Waals surface area (Å²) in [4.78, 5) is 0. The summed E-state index contributed by atoms with van der Waals surface area (Å²) >= 11 is 6.61. The van der Waals surface area contributed by atoms with Crippen molar-refractivity contribution in [3.8, 4) is 5.75 Å². The van der Waals surface area contributed by atoms with Gasteiger partial charge in [0.2, 0.25) is 0 Å². The number of ether oxygens (including phenoxy) is 1. The molecule has 20 heavy (non-hydrogen) atoms. The molecule has 2 nitrogen and oxygen atoms in total. The van der Waals surface area contributed by atoms with Gasteiger partial charge in [-0.1, -0.05) is 6.07 Å². The lowest BCUT2D eigenvalue weighted by Crippen LogP contribution is -2.07. The van der Waals surface area contributed by atoms with Crippen LogP contribution in [-0.4, -0.2) is 7.11 Å². The Morgan fingerprint density at radius 3 is 2.45 bits per heavy atom. The third kappa shape index (κ3) is 3.52. The Labute approximate surface area is 134 Å².